The van der Waals surface area contributed by atoms with E-state index in [-0.39, 0.29) is 0 Å². The van der Waals surface area contributed by atoms with Crippen LogP contribution in [0.5, 0.6) is 17.2 Å². The normalized spacial score (nSPS) is 9.68. The topological polar surface area (TPSA) is 44.8 Å². The maximum atomic E-state index is 11.6. The summed E-state index contributed by atoms with van der Waals surface area (Å²) in [5, 5.41) is 0.347. The van der Waals surface area contributed by atoms with Gasteiger partial charge in [-0.1, -0.05) is 48.0 Å². The van der Waals surface area contributed by atoms with Crippen LogP contribution in [0, 0.1) is 0 Å². The van der Waals surface area contributed by atoms with Crippen LogP contribution in [-0.4, -0.2) is 19.2 Å². The summed E-state index contributed by atoms with van der Waals surface area (Å²) in [6.45, 7) is 4.61. The van der Waals surface area contributed by atoms with Gasteiger partial charge in [-0.3, -0.25) is 0 Å². The molecule has 0 N–H and O–H groups in total. The minimum Gasteiger partial charge on any atom is -0.494 e. The van der Waals surface area contributed by atoms with Crippen LogP contribution in [0.1, 0.15) is 24.2 Å². The zero-order chi connectivity index (χ0) is 20.2. The highest BCUT2D eigenvalue weighted by molar-refractivity contribution is 6.32. The fraction of sp³-hybridized carbons (Fsp3) is 0.174. The molecule has 0 fully saturated rings. The molecule has 0 atom stereocenters. The van der Waals surface area contributed by atoms with E-state index in [1.54, 1.807) is 31.2 Å². The lowest BCUT2D eigenvalue weighted by molar-refractivity contribution is 0.0526. The highest BCUT2D eigenvalue weighted by atomic mass is 35.5. The molecule has 0 saturated heterocycles. The quantitative estimate of drug-likeness (QED) is 0.451. The molecule has 0 bridgehead atoms. The van der Waals surface area contributed by atoms with Crippen LogP contribution < -0.4 is 9.47 Å². The van der Waals surface area contributed by atoms with Crippen molar-refractivity contribution in [2.24, 2.45) is 0 Å². The molecule has 146 valence electrons. The Morgan fingerprint density at radius 3 is 1.89 bits per heavy atom. The number of halogens is 1. The predicted molar refractivity (Wildman–Crippen MR) is 112 cm³/mol. The van der Waals surface area contributed by atoms with Gasteiger partial charge < -0.3 is 14.2 Å². The lowest BCUT2D eigenvalue weighted by atomic mass is 10.2. The van der Waals surface area contributed by atoms with Gasteiger partial charge >= 0.3 is 5.97 Å². The van der Waals surface area contributed by atoms with Crippen LogP contribution in [0.4, 0.5) is 0 Å². The van der Waals surface area contributed by atoms with E-state index in [0.717, 1.165) is 5.75 Å². The Bertz CT molecular complexity index is 822. The molecule has 3 rings (SSSR count). The van der Waals surface area contributed by atoms with Crippen molar-refractivity contribution in [2.45, 2.75) is 13.8 Å². The summed E-state index contributed by atoms with van der Waals surface area (Å²) in [5.74, 6) is 1.48. The van der Waals surface area contributed by atoms with E-state index in [1.807, 2.05) is 55.5 Å². The third-order valence-corrected chi connectivity index (χ3v) is 3.77. The minimum absolute atomic E-state index is 0.320. The smallest absolute Gasteiger partial charge is 0.338 e. The van der Waals surface area contributed by atoms with Crippen molar-refractivity contribution in [2.75, 3.05) is 13.2 Å². The Labute approximate surface area is 170 Å². The Morgan fingerprint density at radius 1 is 0.821 bits per heavy atom. The largest absolute Gasteiger partial charge is 0.494 e. The number of rotatable bonds is 6. The van der Waals surface area contributed by atoms with Gasteiger partial charge in [0.15, 0.2) is 0 Å². The number of hydrogen-bond acceptors (Lipinski definition) is 4. The van der Waals surface area contributed by atoms with E-state index in [1.165, 1.54) is 6.07 Å². The third kappa shape index (κ3) is 6.97. The molecule has 0 amide bonds. The molecule has 3 aromatic carbocycles. The summed E-state index contributed by atoms with van der Waals surface area (Å²) in [6, 6.07) is 24.0. The zero-order valence-electron chi connectivity index (χ0n) is 15.9. The summed E-state index contributed by atoms with van der Waals surface area (Å²) >= 11 is 6.15. The van der Waals surface area contributed by atoms with Gasteiger partial charge in [0.05, 0.1) is 23.8 Å². The van der Waals surface area contributed by atoms with E-state index in [0.29, 0.717) is 35.3 Å². The summed E-state index contributed by atoms with van der Waals surface area (Å²) in [5.41, 5.74) is 0.394. The van der Waals surface area contributed by atoms with E-state index in [4.69, 9.17) is 25.8 Å². The van der Waals surface area contributed by atoms with Crippen molar-refractivity contribution in [3.63, 3.8) is 0 Å². The van der Waals surface area contributed by atoms with E-state index in [9.17, 15) is 4.79 Å². The van der Waals surface area contributed by atoms with Gasteiger partial charge in [0.2, 0.25) is 0 Å². The van der Waals surface area contributed by atoms with Crippen LogP contribution >= 0.6 is 11.6 Å². The maximum absolute atomic E-state index is 11.6. The van der Waals surface area contributed by atoms with Crippen molar-refractivity contribution < 1.29 is 19.0 Å². The Kier molecular flexibility index (Phi) is 8.89. The van der Waals surface area contributed by atoms with Crippen LogP contribution in [-0.2, 0) is 4.74 Å². The molecule has 0 saturated carbocycles. The second-order valence-corrected chi connectivity index (χ2v) is 5.93. The molecule has 0 heterocycles. The number of benzene rings is 3. The lowest BCUT2D eigenvalue weighted by Gasteiger charge is -2.10. The summed E-state index contributed by atoms with van der Waals surface area (Å²) < 4.78 is 16.0. The van der Waals surface area contributed by atoms with Gasteiger partial charge in [-0.2, -0.15) is 0 Å². The van der Waals surface area contributed by atoms with Crippen molar-refractivity contribution in [1.29, 1.82) is 0 Å². The number of esters is 1. The molecule has 0 aliphatic heterocycles. The monoisotopic (exact) mass is 398 g/mol. The van der Waals surface area contributed by atoms with Crippen LogP contribution in [0.15, 0.2) is 78.9 Å². The Balaban J connectivity index is 0.000000397. The molecule has 0 aliphatic rings. The fourth-order valence-electron chi connectivity index (χ4n) is 2.21. The Hall–Kier alpha value is -2.98. The van der Waals surface area contributed by atoms with Gasteiger partial charge in [-0.25, -0.2) is 4.79 Å². The predicted octanol–water partition coefficient (Wildman–Crippen LogP) is 6.39. The zero-order valence-corrected chi connectivity index (χ0v) is 16.7. The first-order chi connectivity index (χ1) is 13.6. The van der Waals surface area contributed by atoms with Gasteiger partial charge in [0.1, 0.15) is 17.2 Å². The molecular formula is C23H23ClO4. The van der Waals surface area contributed by atoms with E-state index < -0.39 is 5.97 Å². The third-order valence-electron chi connectivity index (χ3n) is 3.47. The van der Waals surface area contributed by atoms with Gasteiger partial charge in [-0.05, 0) is 56.3 Å². The maximum Gasteiger partial charge on any atom is 0.338 e. The molecule has 0 radical (unpaired) electrons. The summed E-state index contributed by atoms with van der Waals surface area (Å²) in [6.07, 6.45) is 0. The first-order valence-electron chi connectivity index (χ1n) is 9.01. The van der Waals surface area contributed by atoms with E-state index in [2.05, 4.69) is 0 Å². The average molecular weight is 399 g/mol. The molecule has 0 aromatic heterocycles. The first kappa shape index (κ1) is 21.3. The van der Waals surface area contributed by atoms with Crippen molar-refractivity contribution >= 4 is 17.6 Å². The number of carbonyl (C=O) groups is 1. The second-order valence-electron chi connectivity index (χ2n) is 5.53. The molecule has 0 unspecified atom stereocenters. The first-order valence-corrected chi connectivity index (χ1v) is 9.39. The van der Waals surface area contributed by atoms with Gasteiger partial charge in [-0.15, -0.1) is 0 Å². The number of hydrogen-bond donors (Lipinski definition) is 0. The molecule has 5 heteroatoms. The molecule has 4 nitrogen and oxygen atoms in total. The highest BCUT2D eigenvalue weighted by Gasteiger charge is 2.11. The SMILES string of the molecule is CCOC(=O)c1ccc(Oc2ccc(OCC)cc2)c(Cl)c1.c1ccccc1. The van der Waals surface area contributed by atoms with Crippen LogP contribution in [0.3, 0.4) is 0 Å². The molecule has 28 heavy (non-hydrogen) atoms. The van der Waals surface area contributed by atoms with Crippen molar-refractivity contribution in [1.82, 2.24) is 0 Å². The number of carbonyl (C=O) groups excluding carboxylic acids is 1. The molecule has 3 aromatic rings. The van der Waals surface area contributed by atoms with Gasteiger partial charge in [0, 0.05) is 0 Å². The number of ether oxygens (including phenoxy) is 3. The van der Waals surface area contributed by atoms with Crippen LogP contribution in [0.25, 0.3) is 0 Å². The van der Waals surface area contributed by atoms with Crippen molar-refractivity contribution in [3.05, 3.63) is 89.4 Å². The summed E-state index contributed by atoms with van der Waals surface area (Å²) in [7, 11) is 0. The standard InChI is InChI=1S/C17H17ClO4.C6H6/c1-3-20-13-6-8-14(9-7-13)22-16-10-5-12(11-15(16)18)17(19)21-4-2;1-2-4-6-5-3-1/h5-11H,3-4H2,1-2H3;1-6H. The molecular weight excluding hydrogens is 376 g/mol. The lowest BCUT2D eigenvalue weighted by Crippen LogP contribution is -2.04. The average Bonchev–Trinajstić information content (AvgIpc) is 2.73. The van der Waals surface area contributed by atoms with E-state index >= 15 is 0 Å². The van der Waals surface area contributed by atoms with Crippen molar-refractivity contribution in [3.8, 4) is 17.2 Å². The fourth-order valence-corrected chi connectivity index (χ4v) is 2.43. The molecule has 0 spiro atoms. The summed E-state index contributed by atoms with van der Waals surface area (Å²) in [4.78, 5) is 11.6. The second kappa shape index (κ2) is 11.7. The van der Waals surface area contributed by atoms with Crippen LogP contribution in [0.2, 0.25) is 5.02 Å². The Morgan fingerprint density at radius 2 is 1.39 bits per heavy atom. The highest BCUT2D eigenvalue weighted by Crippen LogP contribution is 2.31. The van der Waals surface area contributed by atoms with Gasteiger partial charge in [0.25, 0.3) is 0 Å². The minimum atomic E-state index is -0.406. The molecule has 0 aliphatic carbocycles.